The number of carbonyl (C=O) groups is 2. The molecule has 0 radical (unpaired) electrons. The van der Waals surface area contributed by atoms with Crippen molar-refractivity contribution in [3.8, 4) is 11.5 Å². The minimum absolute atomic E-state index is 0.207. The summed E-state index contributed by atoms with van der Waals surface area (Å²) in [5.74, 6) is 0.526. The van der Waals surface area contributed by atoms with Crippen molar-refractivity contribution in [1.82, 2.24) is 10.9 Å². The number of para-hydroxylation sites is 1. The van der Waals surface area contributed by atoms with Gasteiger partial charge in [0.1, 0.15) is 11.5 Å². The highest BCUT2D eigenvalue weighted by Gasteiger charge is 2.11. The van der Waals surface area contributed by atoms with Gasteiger partial charge in [-0.3, -0.25) is 20.4 Å². The first kappa shape index (κ1) is 21.6. The Morgan fingerprint density at radius 1 is 0.833 bits per heavy atom. The average Bonchev–Trinajstić information content (AvgIpc) is 2.76. The molecule has 0 aliphatic rings. The van der Waals surface area contributed by atoms with E-state index >= 15 is 0 Å². The second kappa shape index (κ2) is 10.1. The van der Waals surface area contributed by atoms with Crippen LogP contribution in [-0.2, 0) is 9.59 Å². The van der Waals surface area contributed by atoms with E-state index in [9.17, 15) is 9.59 Å². The van der Waals surface area contributed by atoms with Crippen LogP contribution in [-0.4, -0.2) is 25.0 Å². The maximum atomic E-state index is 12.0. The van der Waals surface area contributed by atoms with E-state index in [1.54, 1.807) is 6.07 Å². The lowest BCUT2D eigenvalue weighted by atomic mass is 10.0. The molecule has 0 heterocycles. The highest BCUT2D eigenvalue weighted by atomic mass is 79.9. The highest BCUT2D eigenvalue weighted by Crippen LogP contribution is 2.33. The number of benzene rings is 3. The number of ether oxygens (including phenoxy) is 2. The van der Waals surface area contributed by atoms with Crippen LogP contribution in [0, 0.1) is 0 Å². The Morgan fingerprint density at radius 3 is 2.13 bits per heavy atom. The molecule has 3 aromatic carbocycles. The van der Waals surface area contributed by atoms with Crippen LogP contribution in [0.1, 0.15) is 25.3 Å². The monoisotopic (exact) mass is 470 g/mol. The second-order valence-electron chi connectivity index (χ2n) is 6.97. The molecule has 0 aromatic heterocycles. The van der Waals surface area contributed by atoms with Crippen molar-refractivity contribution in [1.29, 1.82) is 0 Å². The fourth-order valence-electron chi connectivity index (χ4n) is 2.91. The maximum Gasteiger partial charge on any atom is 0.276 e. The predicted molar refractivity (Wildman–Crippen MR) is 119 cm³/mol. The highest BCUT2D eigenvalue weighted by molar-refractivity contribution is 9.10. The topological polar surface area (TPSA) is 76.7 Å². The van der Waals surface area contributed by atoms with Crippen LogP contribution in [0.5, 0.6) is 11.5 Å². The summed E-state index contributed by atoms with van der Waals surface area (Å²) in [6, 6.07) is 19.1. The fourth-order valence-corrected chi connectivity index (χ4v) is 3.52. The van der Waals surface area contributed by atoms with Crippen molar-refractivity contribution in [2.45, 2.75) is 19.8 Å². The number of hydrogen-bond donors (Lipinski definition) is 2. The number of hydrazine groups is 1. The minimum atomic E-state index is -0.481. The molecule has 2 N–H and O–H groups in total. The van der Waals surface area contributed by atoms with Crippen molar-refractivity contribution in [2.75, 3.05) is 13.2 Å². The van der Waals surface area contributed by atoms with Crippen LogP contribution in [0.2, 0.25) is 0 Å². The molecule has 7 heteroatoms. The van der Waals surface area contributed by atoms with Gasteiger partial charge in [-0.25, -0.2) is 0 Å². The number of hydrogen-bond acceptors (Lipinski definition) is 4. The van der Waals surface area contributed by atoms with E-state index in [1.165, 1.54) is 0 Å². The van der Waals surface area contributed by atoms with Crippen molar-refractivity contribution in [3.63, 3.8) is 0 Å². The Hall–Kier alpha value is -3.06. The molecule has 0 aliphatic carbocycles. The van der Waals surface area contributed by atoms with Gasteiger partial charge in [-0.2, -0.15) is 0 Å². The Morgan fingerprint density at radius 2 is 1.43 bits per heavy atom. The molecule has 3 rings (SSSR count). The predicted octanol–water partition coefficient (Wildman–Crippen LogP) is 4.33. The van der Waals surface area contributed by atoms with E-state index in [2.05, 4.69) is 40.6 Å². The van der Waals surface area contributed by atoms with Crippen LogP contribution >= 0.6 is 15.9 Å². The zero-order valence-corrected chi connectivity index (χ0v) is 18.4. The number of fused-ring (bicyclic) bond motifs is 1. The van der Waals surface area contributed by atoms with Gasteiger partial charge in [0.2, 0.25) is 0 Å². The first-order chi connectivity index (χ1) is 14.5. The SMILES string of the molecule is CC(C)c1ccccc1OCC(=O)NNC(=O)COc1ccc2ccccc2c1Br. The largest absolute Gasteiger partial charge is 0.483 e. The number of rotatable bonds is 7. The maximum absolute atomic E-state index is 12.0. The van der Waals surface area contributed by atoms with E-state index < -0.39 is 11.8 Å². The third kappa shape index (κ3) is 5.51. The summed E-state index contributed by atoms with van der Waals surface area (Å²) >= 11 is 3.51. The molecular formula is C23H23BrN2O4. The zero-order chi connectivity index (χ0) is 21.5. The molecule has 0 atom stereocenters. The van der Waals surface area contributed by atoms with Crippen molar-refractivity contribution in [2.24, 2.45) is 0 Å². The summed E-state index contributed by atoms with van der Waals surface area (Å²) in [6.07, 6.45) is 0. The normalized spacial score (nSPS) is 10.7. The van der Waals surface area contributed by atoms with Crippen LogP contribution in [0.3, 0.4) is 0 Å². The smallest absolute Gasteiger partial charge is 0.276 e. The molecule has 0 bridgehead atoms. The lowest BCUT2D eigenvalue weighted by molar-refractivity contribution is -0.131. The lowest BCUT2D eigenvalue weighted by Crippen LogP contribution is -2.45. The van der Waals surface area contributed by atoms with Crippen molar-refractivity contribution < 1.29 is 19.1 Å². The molecule has 0 aliphatic heterocycles. The number of halogens is 1. The Bertz CT molecular complexity index is 1050. The molecule has 30 heavy (non-hydrogen) atoms. The molecule has 0 saturated heterocycles. The van der Waals surface area contributed by atoms with E-state index in [0.717, 1.165) is 20.8 Å². The molecule has 0 unspecified atom stereocenters. The summed E-state index contributed by atoms with van der Waals surface area (Å²) in [7, 11) is 0. The standard InChI is InChI=1S/C23H23BrN2O4/c1-15(2)17-8-5-6-10-19(17)29-13-21(27)25-26-22(28)14-30-20-12-11-16-7-3-4-9-18(16)23(20)24/h3-12,15H,13-14H2,1-2H3,(H,25,27)(H,26,28). The van der Waals surface area contributed by atoms with E-state index in [1.807, 2.05) is 54.6 Å². The van der Waals surface area contributed by atoms with Gasteiger partial charge in [0.05, 0.1) is 4.47 Å². The number of amides is 2. The van der Waals surface area contributed by atoms with Crippen LogP contribution < -0.4 is 20.3 Å². The quantitative estimate of drug-likeness (QED) is 0.503. The van der Waals surface area contributed by atoms with Gasteiger partial charge in [0, 0.05) is 0 Å². The zero-order valence-electron chi connectivity index (χ0n) is 16.8. The lowest BCUT2D eigenvalue weighted by Gasteiger charge is -2.14. The first-order valence-corrected chi connectivity index (χ1v) is 10.3. The van der Waals surface area contributed by atoms with Gasteiger partial charge in [0.15, 0.2) is 13.2 Å². The second-order valence-corrected chi connectivity index (χ2v) is 7.76. The summed E-state index contributed by atoms with van der Waals surface area (Å²) in [4.78, 5) is 24.0. The van der Waals surface area contributed by atoms with Crippen LogP contribution in [0.4, 0.5) is 0 Å². The van der Waals surface area contributed by atoms with Crippen LogP contribution in [0.15, 0.2) is 65.1 Å². The molecule has 0 spiro atoms. The summed E-state index contributed by atoms with van der Waals surface area (Å²) in [6.45, 7) is 3.65. The summed E-state index contributed by atoms with van der Waals surface area (Å²) < 4.78 is 11.9. The minimum Gasteiger partial charge on any atom is -0.483 e. The van der Waals surface area contributed by atoms with Gasteiger partial charge in [-0.15, -0.1) is 0 Å². The Labute approximate surface area is 183 Å². The number of nitrogens with one attached hydrogen (secondary N) is 2. The average molecular weight is 471 g/mol. The van der Waals surface area contributed by atoms with Gasteiger partial charge < -0.3 is 9.47 Å². The van der Waals surface area contributed by atoms with Gasteiger partial charge >= 0.3 is 0 Å². The van der Waals surface area contributed by atoms with E-state index in [-0.39, 0.29) is 19.1 Å². The molecule has 156 valence electrons. The summed E-state index contributed by atoms with van der Waals surface area (Å²) in [5.41, 5.74) is 5.67. The van der Waals surface area contributed by atoms with E-state index in [4.69, 9.17) is 9.47 Å². The molecule has 0 saturated carbocycles. The van der Waals surface area contributed by atoms with Crippen molar-refractivity contribution >= 4 is 38.5 Å². The molecular weight excluding hydrogens is 448 g/mol. The third-order valence-corrected chi connectivity index (χ3v) is 5.25. The molecule has 0 fully saturated rings. The third-order valence-electron chi connectivity index (χ3n) is 4.43. The Kier molecular flexibility index (Phi) is 7.30. The van der Waals surface area contributed by atoms with Crippen molar-refractivity contribution in [3.05, 3.63) is 70.7 Å². The van der Waals surface area contributed by atoms with Crippen LogP contribution in [0.25, 0.3) is 10.8 Å². The van der Waals surface area contributed by atoms with E-state index in [0.29, 0.717) is 11.5 Å². The molecule has 3 aromatic rings. The van der Waals surface area contributed by atoms with Gasteiger partial charge in [-0.05, 0) is 50.3 Å². The fraction of sp³-hybridized carbons (Fsp3) is 0.217. The van der Waals surface area contributed by atoms with Gasteiger partial charge in [-0.1, -0.05) is 62.4 Å². The van der Waals surface area contributed by atoms with Gasteiger partial charge in [0.25, 0.3) is 11.8 Å². The Balaban J connectivity index is 1.46. The number of carbonyl (C=O) groups excluding carboxylic acids is 2. The first-order valence-electron chi connectivity index (χ1n) is 9.55. The summed E-state index contributed by atoms with van der Waals surface area (Å²) in [5, 5.41) is 2.05. The molecule has 2 amide bonds. The molecule has 6 nitrogen and oxygen atoms in total.